The van der Waals surface area contributed by atoms with Crippen molar-refractivity contribution in [2.75, 3.05) is 20.3 Å². The number of ketones is 1. The van der Waals surface area contributed by atoms with Crippen LogP contribution in [-0.2, 0) is 28.7 Å². The number of nitrogens with one attached hydrogen (secondary N) is 1. The highest BCUT2D eigenvalue weighted by Gasteiger charge is 2.14. The molecule has 17 heavy (non-hydrogen) atoms. The van der Waals surface area contributed by atoms with E-state index >= 15 is 0 Å². The fourth-order valence-electron chi connectivity index (χ4n) is 0.714. The Bertz CT molecular complexity index is 347. The van der Waals surface area contributed by atoms with E-state index in [1.54, 1.807) is 6.92 Å². The Hall–Kier alpha value is -2.18. The van der Waals surface area contributed by atoms with Crippen LogP contribution >= 0.6 is 0 Å². The van der Waals surface area contributed by atoms with Crippen molar-refractivity contribution in [2.24, 2.45) is 0 Å². The lowest BCUT2D eigenvalue weighted by Gasteiger charge is -2.01. The number of ether oxygens (including phenoxy) is 2. The second-order valence-electron chi connectivity index (χ2n) is 2.75. The molecule has 0 spiro atoms. The number of esters is 2. The average Bonchev–Trinajstić information content (AvgIpc) is 2.32. The van der Waals surface area contributed by atoms with Gasteiger partial charge < -0.3 is 14.8 Å². The van der Waals surface area contributed by atoms with E-state index in [0.717, 1.165) is 19.3 Å². The predicted octanol–water partition coefficient (Wildman–Crippen LogP) is -1.04. The number of rotatable bonds is 6. The lowest BCUT2D eigenvalue weighted by Crippen LogP contribution is -2.33. The first-order valence-electron chi connectivity index (χ1n) is 4.75. The van der Waals surface area contributed by atoms with Crippen molar-refractivity contribution in [3.8, 4) is 0 Å². The molecule has 1 N–H and O–H groups in total. The van der Waals surface area contributed by atoms with Gasteiger partial charge >= 0.3 is 11.9 Å². The van der Waals surface area contributed by atoms with Gasteiger partial charge in [-0.05, 0) is 6.92 Å². The summed E-state index contributed by atoms with van der Waals surface area (Å²) in [5.74, 6) is -3.33. The smallest absolute Gasteiger partial charge is 0.331 e. The molecule has 0 aliphatic rings. The van der Waals surface area contributed by atoms with E-state index in [1.165, 1.54) is 0 Å². The molecule has 0 atom stereocenters. The van der Waals surface area contributed by atoms with Crippen molar-refractivity contribution in [1.29, 1.82) is 0 Å². The predicted molar refractivity (Wildman–Crippen MR) is 55.8 cm³/mol. The molecule has 0 aromatic heterocycles. The monoisotopic (exact) mass is 243 g/mol. The fourth-order valence-corrected chi connectivity index (χ4v) is 0.714. The van der Waals surface area contributed by atoms with Crippen LogP contribution < -0.4 is 5.32 Å². The zero-order valence-corrected chi connectivity index (χ0v) is 9.52. The zero-order chi connectivity index (χ0) is 13.3. The van der Waals surface area contributed by atoms with Crippen molar-refractivity contribution < 1.29 is 28.7 Å². The Balaban J connectivity index is 4.00. The number of hydrogen-bond donors (Lipinski definition) is 1. The average molecular weight is 243 g/mol. The summed E-state index contributed by atoms with van der Waals surface area (Å²) in [5.41, 5.74) is 0. The van der Waals surface area contributed by atoms with E-state index in [2.05, 4.69) is 14.8 Å². The number of hydrogen-bond acceptors (Lipinski definition) is 6. The Labute approximate surface area is 97.8 Å². The molecule has 0 aromatic rings. The molecule has 0 aliphatic heterocycles. The Morgan fingerprint density at radius 3 is 2.24 bits per heavy atom. The number of amides is 1. The molecular weight excluding hydrogens is 230 g/mol. The first-order valence-corrected chi connectivity index (χ1v) is 4.75. The van der Waals surface area contributed by atoms with Crippen LogP contribution in [0.2, 0.25) is 0 Å². The maximum absolute atomic E-state index is 11.0. The number of carbonyl (C=O) groups is 4. The van der Waals surface area contributed by atoms with Crippen LogP contribution in [0.25, 0.3) is 0 Å². The molecule has 7 heteroatoms. The molecule has 0 unspecified atom stereocenters. The van der Waals surface area contributed by atoms with Crippen molar-refractivity contribution in [1.82, 2.24) is 5.32 Å². The van der Waals surface area contributed by atoms with Gasteiger partial charge in [0, 0.05) is 18.7 Å². The molecule has 94 valence electrons. The molecule has 0 radical (unpaired) electrons. The summed E-state index contributed by atoms with van der Waals surface area (Å²) in [5, 5.41) is 2.26. The van der Waals surface area contributed by atoms with Gasteiger partial charge in [0.05, 0.1) is 7.11 Å². The minimum atomic E-state index is -0.909. The number of Topliss-reactive ketones (excluding diaryl/α,β-unsaturated/α-hetero) is 1. The Morgan fingerprint density at radius 2 is 1.71 bits per heavy atom. The molecule has 0 fully saturated rings. The number of likely N-dealkylation sites (N-methyl/N-ethyl adjacent to an activating group) is 1. The van der Waals surface area contributed by atoms with Crippen molar-refractivity contribution in [3.63, 3.8) is 0 Å². The van der Waals surface area contributed by atoms with Gasteiger partial charge in [-0.2, -0.15) is 0 Å². The van der Waals surface area contributed by atoms with Gasteiger partial charge in [0.15, 0.2) is 6.61 Å². The first-order chi connectivity index (χ1) is 8.01. The van der Waals surface area contributed by atoms with Gasteiger partial charge in [-0.1, -0.05) is 0 Å². The van der Waals surface area contributed by atoms with Crippen molar-refractivity contribution >= 4 is 23.6 Å². The van der Waals surface area contributed by atoms with E-state index < -0.39 is 30.2 Å². The summed E-state index contributed by atoms with van der Waals surface area (Å²) in [6.45, 7) is 1.28. The zero-order valence-electron chi connectivity index (χ0n) is 9.52. The summed E-state index contributed by atoms with van der Waals surface area (Å²) in [4.78, 5) is 43.5. The van der Waals surface area contributed by atoms with E-state index in [-0.39, 0.29) is 0 Å². The molecule has 0 heterocycles. The van der Waals surface area contributed by atoms with Crippen LogP contribution in [0.3, 0.4) is 0 Å². The largest absolute Gasteiger partial charge is 0.466 e. The van der Waals surface area contributed by atoms with Gasteiger partial charge in [-0.15, -0.1) is 0 Å². The van der Waals surface area contributed by atoms with Crippen LogP contribution in [0.1, 0.15) is 6.92 Å². The maximum atomic E-state index is 11.0. The molecule has 0 saturated carbocycles. The van der Waals surface area contributed by atoms with Gasteiger partial charge in [-0.3, -0.25) is 9.59 Å². The number of carbonyl (C=O) groups excluding carboxylic acids is 4. The van der Waals surface area contributed by atoms with Crippen molar-refractivity contribution in [3.05, 3.63) is 12.2 Å². The van der Waals surface area contributed by atoms with Crippen LogP contribution in [0.5, 0.6) is 0 Å². The SMILES string of the molecule is CCNC(=O)C(=O)COC(=O)/C=C/C(=O)OC. The van der Waals surface area contributed by atoms with E-state index in [0.29, 0.717) is 6.54 Å². The quantitative estimate of drug-likeness (QED) is 0.363. The summed E-state index contributed by atoms with van der Waals surface area (Å²) >= 11 is 0. The highest BCUT2D eigenvalue weighted by molar-refractivity contribution is 6.36. The summed E-state index contributed by atoms with van der Waals surface area (Å²) < 4.78 is 8.65. The topological polar surface area (TPSA) is 98.8 Å². The maximum Gasteiger partial charge on any atom is 0.331 e. The Kier molecular flexibility index (Phi) is 7.00. The van der Waals surface area contributed by atoms with Gasteiger partial charge in [-0.25, -0.2) is 9.59 Å². The van der Waals surface area contributed by atoms with Gasteiger partial charge in [0.1, 0.15) is 0 Å². The highest BCUT2D eigenvalue weighted by atomic mass is 16.5. The third kappa shape index (κ3) is 6.82. The second kappa shape index (κ2) is 8.03. The van der Waals surface area contributed by atoms with E-state index in [9.17, 15) is 19.2 Å². The molecule has 0 rings (SSSR count). The third-order valence-corrected chi connectivity index (χ3v) is 1.49. The summed E-state index contributed by atoms with van der Waals surface area (Å²) in [6, 6.07) is 0. The molecular formula is C10H13NO6. The summed E-state index contributed by atoms with van der Waals surface area (Å²) in [6.07, 6.45) is 1.65. The standard InChI is InChI=1S/C10H13NO6/c1-3-11-10(15)7(12)6-17-9(14)5-4-8(13)16-2/h4-5H,3,6H2,1-2H3,(H,11,15)/b5-4+. The molecule has 0 bridgehead atoms. The lowest BCUT2D eigenvalue weighted by atomic mass is 10.4. The molecule has 0 aromatic carbocycles. The summed E-state index contributed by atoms with van der Waals surface area (Å²) in [7, 11) is 1.15. The van der Waals surface area contributed by atoms with Crippen LogP contribution in [0.15, 0.2) is 12.2 Å². The van der Waals surface area contributed by atoms with E-state index in [4.69, 9.17) is 0 Å². The van der Waals surface area contributed by atoms with Crippen LogP contribution in [-0.4, -0.2) is 43.9 Å². The first kappa shape index (κ1) is 14.8. The molecule has 0 aliphatic carbocycles. The van der Waals surface area contributed by atoms with Crippen LogP contribution in [0.4, 0.5) is 0 Å². The van der Waals surface area contributed by atoms with E-state index in [1.807, 2.05) is 0 Å². The van der Waals surface area contributed by atoms with Crippen LogP contribution in [0, 0.1) is 0 Å². The van der Waals surface area contributed by atoms with Crippen molar-refractivity contribution in [2.45, 2.75) is 6.92 Å². The Morgan fingerprint density at radius 1 is 1.12 bits per heavy atom. The fraction of sp³-hybridized carbons (Fsp3) is 0.400. The highest BCUT2D eigenvalue weighted by Crippen LogP contribution is 1.85. The minimum Gasteiger partial charge on any atom is -0.466 e. The molecule has 7 nitrogen and oxygen atoms in total. The van der Waals surface area contributed by atoms with Gasteiger partial charge in [0.2, 0.25) is 0 Å². The third-order valence-electron chi connectivity index (χ3n) is 1.49. The second-order valence-corrected chi connectivity index (χ2v) is 2.75. The molecule has 1 amide bonds. The molecule has 0 saturated heterocycles. The number of methoxy groups -OCH3 is 1. The lowest BCUT2D eigenvalue weighted by molar-refractivity contribution is -0.147. The van der Waals surface area contributed by atoms with Gasteiger partial charge in [0.25, 0.3) is 11.7 Å². The minimum absolute atomic E-state index is 0.306. The normalized spacial score (nSPS) is 9.76.